The van der Waals surface area contributed by atoms with Crippen molar-refractivity contribution in [3.63, 3.8) is 0 Å². The summed E-state index contributed by atoms with van der Waals surface area (Å²) in [6, 6.07) is 11.1. The fraction of sp³-hybridized carbons (Fsp3) is 0.263. The van der Waals surface area contributed by atoms with Crippen LogP contribution in [0.1, 0.15) is 5.56 Å². The van der Waals surface area contributed by atoms with Crippen molar-refractivity contribution in [2.75, 3.05) is 32.0 Å². The van der Waals surface area contributed by atoms with E-state index in [1.807, 2.05) is 0 Å². The second-order valence-electron chi connectivity index (χ2n) is 6.18. The molecule has 2 aromatic rings. The number of nitrogens with one attached hydrogen (secondary N) is 3. The maximum Gasteiger partial charge on any atom is 0.279 e. The lowest BCUT2D eigenvalue weighted by Gasteiger charge is -2.14. The van der Waals surface area contributed by atoms with Crippen LogP contribution in [0.25, 0.3) is 0 Å². The van der Waals surface area contributed by atoms with Crippen molar-refractivity contribution in [3.05, 3.63) is 63.9 Å². The molecule has 1 unspecified atom stereocenters. The third kappa shape index (κ3) is 7.17. The number of likely N-dealkylation sites (N-methyl/N-ethyl adjacent to an activating group) is 1. The van der Waals surface area contributed by atoms with Crippen molar-refractivity contribution in [1.29, 1.82) is 0 Å². The molecule has 3 N–H and O–H groups in total. The third-order valence-corrected chi connectivity index (χ3v) is 4.43. The molecule has 0 aliphatic rings. The van der Waals surface area contributed by atoms with Crippen LogP contribution in [0.3, 0.4) is 0 Å². The van der Waals surface area contributed by atoms with Crippen molar-refractivity contribution in [2.24, 2.45) is 0 Å². The molecule has 0 heterocycles. The van der Waals surface area contributed by atoms with Crippen LogP contribution in [0, 0.1) is 5.82 Å². The third-order valence-electron chi connectivity index (χ3n) is 3.80. The van der Waals surface area contributed by atoms with Crippen molar-refractivity contribution < 1.29 is 18.9 Å². The van der Waals surface area contributed by atoms with Gasteiger partial charge in [0.2, 0.25) is 0 Å². The van der Waals surface area contributed by atoms with E-state index in [4.69, 9.17) is 23.2 Å². The van der Waals surface area contributed by atoms with Gasteiger partial charge in [0.15, 0.2) is 13.1 Å². The molecule has 2 rings (SSSR count). The monoisotopic (exact) mass is 412 g/mol. The zero-order valence-corrected chi connectivity index (χ0v) is 16.3. The van der Waals surface area contributed by atoms with Crippen LogP contribution in [0.4, 0.5) is 10.1 Å². The molecule has 1 atom stereocenters. The summed E-state index contributed by atoms with van der Waals surface area (Å²) in [7, 11) is 1.74. The lowest BCUT2D eigenvalue weighted by molar-refractivity contribution is -0.862. The average Bonchev–Trinajstić information content (AvgIpc) is 2.60. The Morgan fingerprint density at radius 3 is 2.22 bits per heavy atom. The summed E-state index contributed by atoms with van der Waals surface area (Å²) in [5.74, 6) is -0.746. The number of amides is 2. The normalized spacial score (nSPS) is 11.7. The highest BCUT2D eigenvalue weighted by molar-refractivity contribution is 6.39. The van der Waals surface area contributed by atoms with Crippen LogP contribution in [-0.4, -0.2) is 38.5 Å². The predicted octanol–water partition coefficient (Wildman–Crippen LogP) is 1.94. The van der Waals surface area contributed by atoms with Gasteiger partial charge in [-0.25, -0.2) is 4.39 Å². The quantitative estimate of drug-likeness (QED) is 0.620. The number of halogens is 3. The molecule has 0 aliphatic heterocycles. The number of benzene rings is 2. The van der Waals surface area contributed by atoms with Gasteiger partial charge in [-0.2, -0.15) is 0 Å². The van der Waals surface area contributed by atoms with Crippen molar-refractivity contribution >= 4 is 40.7 Å². The minimum Gasteiger partial charge on any atom is -0.351 e. The van der Waals surface area contributed by atoms with E-state index in [0.717, 1.165) is 10.5 Å². The molecule has 2 amide bonds. The number of carbonyl (C=O) groups is 2. The molecule has 2 aromatic carbocycles. The maximum absolute atomic E-state index is 12.8. The molecule has 0 radical (unpaired) electrons. The van der Waals surface area contributed by atoms with E-state index in [9.17, 15) is 14.0 Å². The minimum absolute atomic E-state index is 0.0902. The van der Waals surface area contributed by atoms with E-state index < -0.39 is 0 Å². The lowest BCUT2D eigenvalue weighted by Crippen LogP contribution is -3.11. The molecule has 8 heteroatoms. The number of rotatable bonds is 8. The summed E-state index contributed by atoms with van der Waals surface area (Å²) in [5.41, 5.74) is 1.30. The number of carbonyl (C=O) groups excluding carboxylic acids is 2. The Hall–Kier alpha value is -2.15. The molecule has 0 fully saturated rings. The topological polar surface area (TPSA) is 62.6 Å². The highest BCUT2D eigenvalue weighted by Gasteiger charge is 2.16. The Kier molecular flexibility index (Phi) is 8.03. The van der Waals surface area contributed by atoms with Gasteiger partial charge >= 0.3 is 0 Å². The summed E-state index contributed by atoms with van der Waals surface area (Å²) in [6.07, 6.45) is 0.608. The molecule has 0 spiro atoms. The standard InChI is InChI=1S/C19H20Cl2FN3O2/c1-25(12-18(27)24-19-15(20)3-2-4-16(19)21)11-17(26)23-10-9-13-5-7-14(22)8-6-13/h2-8H,9-12H2,1H3,(H,23,26)(H,24,27)/p+1. The summed E-state index contributed by atoms with van der Waals surface area (Å²) >= 11 is 12.0. The Morgan fingerprint density at radius 2 is 1.59 bits per heavy atom. The fourth-order valence-corrected chi connectivity index (χ4v) is 2.96. The van der Waals surface area contributed by atoms with E-state index in [-0.39, 0.29) is 30.7 Å². The summed E-state index contributed by atoms with van der Waals surface area (Å²) in [4.78, 5) is 24.8. The van der Waals surface area contributed by atoms with Crippen LogP contribution >= 0.6 is 23.2 Å². The second-order valence-corrected chi connectivity index (χ2v) is 7.00. The summed E-state index contributed by atoms with van der Waals surface area (Å²) in [5, 5.41) is 6.16. The first-order valence-corrected chi connectivity index (χ1v) is 9.17. The highest BCUT2D eigenvalue weighted by atomic mass is 35.5. The first kappa shape index (κ1) is 21.2. The zero-order valence-electron chi connectivity index (χ0n) is 14.8. The van der Waals surface area contributed by atoms with Gasteiger partial charge in [0.25, 0.3) is 11.8 Å². The van der Waals surface area contributed by atoms with Crippen LogP contribution < -0.4 is 15.5 Å². The van der Waals surface area contributed by atoms with Crippen LogP contribution in [0.2, 0.25) is 10.0 Å². The average molecular weight is 413 g/mol. The van der Waals surface area contributed by atoms with Crippen LogP contribution in [0.15, 0.2) is 42.5 Å². The molecule has 5 nitrogen and oxygen atoms in total. The van der Waals surface area contributed by atoms with Crippen molar-refractivity contribution in [1.82, 2.24) is 5.32 Å². The van der Waals surface area contributed by atoms with Gasteiger partial charge in [-0.1, -0.05) is 41.4 Å². The maximum atomic E-state index is 12.8. The van der Waals surface area contributed by atoms with E-state index in [0.29, 0.717) is 28.7 Å². The zero-order chi connectivity index (χ0) is 19.8. The molecule has 0 aliphatic carbocycles. The summed E-state index contributed by atoms with van der Waals surface area (Å²) in [6.45, 7) is 0.680. The molecule has 144 valence electrons. The van der Waals surface area contributed by atoms with E-state index in [1.54, 1.807) is 37.4 Å². The number of quaternary nitrogens is 1. The van der Waals surface area contributed by atoms with Crippen LogP contribution in [-0.2, 0) is 16.0 Å². The molecule has 0 bridgehead atoms. The van der Waals surface area contributed by atoms with Crippen molar-refractivity contribution in [3.8, 4) is 0 Å². The van der Waals surface area contributed by atoms with Gasteiger partial charge in [-0.3, -0.25) is 9.59 Å². The fourth-order valence-electron chi connectivity index (χ4n) is 2.47. The molecule has 0 saturated heterocycles. The molecule has 27 heavy (non-hydrogen) atoms. The van der Waals surface area contributed by atoms with E-state index in [2.05, 4.69) is 10.6 Å². The number of hydrogen-bond acceptors (Lipinski definition) is 2. The lowest BCUT2D eigenvalue weighted by atomic mass is 10.1. The number of hydrogen-bond donors (Lipinski definition) is 3. The van der Waals surface area contributed by atoms with Gasteiger partial charge in [-0.15, -0.1) is 0 Å². The van der Waals surface area contributed by atoms with Gasteiger partial charge in [0.05, 0.1) is 22.8 Å². The van der Waals surface area contributed by atoms with E-state index in [1.165, 1.54) is 12.1 Å². The Labute approximate surface area is 167 Å². The second kappa shape index (κ2) is 10.3. The molecule has 0 saturated carbocycles. The smallest absolute Gasteiger partial charge is 0.279 e. The molecule has 0 aromatic heterocycles. The number of para-hydroxylation sites is 1. The minimum atomic E-state index is -0.290. The predicted molar refractivity (Wildman–Crippen MR) is 105 cm³/mol. The highest BCUT2D eigenvalue weighted by Crippen LogP contribution is 2.29. The summed E-state index contributed by atoms with van der Waals surface area (Å²) < 4.78 is 12.8. The van der Waals surface area contributed by atoms with E-state index >= 15 is 0 Å². The Morgan fingerprint density at radius 1 is 1.00 bits per heavy atom. The Balaban J connectivity index is 1.72. The SMILES string of the molecule is C[NH+](CC(=O)NCCc1ccc(F)cc1)CC(=O)Nc1c(Cl)cccc1Cl. The largest absolute Gasteiger partial charge is 0.351 e. The van der Waals surface area contributed by atoms with Gasteiger partial charge in [0, 0.05) is 6.54 Å². The Bertz CT molecular complexity index is 780. The molecular weight excluding hydrogens is 392 g/mol. The number of anilines is 1. The van der Waals surface area contributed by atoms with Crippen molar-refractivity contribution in [2.45, 2.75) is 6.42 Å². The first-order valence-electron chi connectivity index (χ1n) is 8.41. The van der Waals surface area contributed by atoms with Gasteiger partial charge in [0.1, 0.15) is 5.82 Å². The molecular formula is C19H21Cl2FN3O2+. The van der Waals surface area contributed by atoms with Gasteiger partial charge in [-0.05, 0) is 36.2 Å². The van der Waals surface area contributed by atoms with Crippen LogP contribution in [0.5, 0.6) is 0 Å². The van der Waals surface area contributed by atoms with Gasteiger partial charge < -0.3 is 15.5 Å². The first-order chi connectivity index (χ1) is 12.8.